The first-order valence-corrected chi connectivity index (χ1v) is 12.6. The Labute approximate surface area is 214 Å². The first kappa shape index (κ1) is 25.1. The number of hydrogen-bond acceptors (Lipinski definition) is 2. The SMILES string of the molecule is CCCc1cc2c(C)nc3c(-c4c(C)cc(C)cc4C)c(C)nn3c2n1Cc1ccc(C(F)(F)F)cc1. The van der Waals surface area contributed by atoms with Crippen LogP contribution in [0, 0.1) is 34.6 Å². The largest absolute Gasteiger partial charge is 0.416 e. The van der Waals surface area contributed by atoms with Crippen LogP contribution in [0.4, 0.5) is 13.2 Å². The van der Waals surface area contributed by atoms with Crippen LogP contribution in [0.1, 0.15) is 58.2 Å². The van der Waals surface area contributed by atoms with E-state index in [1.54, 1.807) is 12.1 Å². The molecule has 0 aliphatic heterocycles. The summed E-state index contributed by atoms with van der Waals surface area (Å²) in [6.07, 6.45) is -2.56. The topological polar surface area (TPSA) is 35.1 Å². The molecule has 0 spiro atoms. The Hall–Kier alpha value is -3.61. The lowest BCUT2D eigenvalue weighted by molar-refractivity contribution is -0.137. The highest BCUT2D eigenvalue weighted by Gasteiger charge is 2.30. The number of nitrogens with zero attached hydrogens (tertiary/aromatic N) is 4. The quantitative estimate of drug-likeness (QED) is 0.244. The van der Waals surface area contributed by atoms with E-state index in [9.17, 15) is 13.2 Å². The fraction of sp³-hybridized carbons (Fsp3) is 0.333. The van der Waals surface area contributed by atoms with Gasteiger partial charge in [-0.1, -0.05) is 43.2 Å². The molecule has 7 heteroatoms. The maximum absolute atomic E-state index is 13.1. The van der Waals surface area contributed by atoms with E-state index in [-0.39, 0.29) is 0 Å². The van der Waals surface area contributed by atoms with Crippen molar-refractivity contribution in [1.29, 1.82) is 0 Å². The second-order valence-corrected chi connectivity index (χ2v) is 10.1. The smallest absolute Gasteiger partial charge is 0.325 e. The number of alkyl halides is 3. The van der Waals surface area contributed by atoms with E-state index in [0.29, 0.717) is 6.54 Å². The van der Waals surface area contributed by atoms with Gasteiger partial charge in [-0.15, -0.1) is 0 Å². The van der Waals surface area contributed by atoms with E-state index < -0.39 is 11.7 Å². The number of rotatable bonds is 5. The van der Waals surface area contributed by atoms with Crippen LogP contribution in [0.5, 0.6) is 0 Å². The first-order chi connectivity index (χ1) is 17.5. The average molecular weight is 505 g/mol. The predicted octanol–water partition coefficient (Wildman–Crippen LogP) is 7.91. The maximum Gasteiger partial charge on any atom is 0.416 e. The van der Waals surface area contributed by atoms with Gasteiger partial charge in [0.05, 0.1) is 22.5 Å². The van der Waals surface area contributed by atoms with Gasteiger partial charge in [0.1, 0.15) is 5.65 Å². The number of fused-ring (bicyclic) bond motifs is 3. The number of aryl methyl sites for hydroxylation is 6. The Morgan fingerprint density at radius 1 is 0.838 bits per heavy atom. The van der Waals surface area contributed by atoms with Crippen molar-refractivity contribution >= 4 is 16.7 Å². The summed E-state index contributed by atoms with van der Waals surface area (Å²) in [6.45, 7) is 12.9. The van der Waals surface area contributed by atoms with Crippen molar-refractivity contribution in [3.05, 3.63) is 87.4 Å². The molecule has 37 heavy (non-hydrogen) atoms. The standard InChI is InChI=1S/C30H31F3N4/c1-7-8-24-15-25-20(5)34-28-27(26-18(3)13-17(2)14-19(26)4)21(6)35-37(28)29(25)36(24)16-22-9-11-23(12-10-22)30(31,32)33/h9-15H,7-8,16H2,1-6H3. The molecule has 4 nitrogen and oxygen atoms in total. The van der Waals surface area contributed by atoms with E-state index in [0.717, 1.165) is 75.4 Å². The van der Waals surface area contributed by atoms with Crippen LogP contribution >= 0.6 is 0 Å². The Morgan fingerprint density at radius 3 is 2.08 bits per heavy atom. The highest BCUT2D eigenvalue weighted by molar-refractivity contribution is 5.90. The summed E-state index contributed by atoms with van der Waals surface area (Å²) in [7, 11) is 0. The highest BCUT2D eigenvalue weighted by Crippen LogP contribution is 2.36. The Bertz CT molecular complexity index is 1610. The van der Waals surface area contributed by atoms with Crippen LogP contribution in [-0.4, -0.2) is 19.2 Å². The molecule has 192 valence electrons. The number of aromatic nitrogens is 4. The van der Waals surface area contributed by atoms with Crippen LogP contribution in [0.15, 0.2) is 42.5 Å². The van der Waals surface area contributed by atoms with Crippen LogP contribution in [-0.2, 0) is 19.1 Å². The van der Waals surface area contributed by atoms with Gasteiger partial charge in [-0.05, 0) is 81.5 Å². The van der Waals surface area contributed by atoms with Gasteiger partial charge in [-0.25, -0.2) is 4.98 Å². The molecule has 0 bridgehead atoms. The summed E-state index contributed by atoms with van der Waals surface area (Å²) in [5, 5.41) is 5.98. The molecule has 5 rings (SSSR count). The van der Waals surface area contributed by atoms with Crippen molar-refractivity contribution < 1.29 is 13.2 Å². The number of halogens is 3. The third-order valence-electron chi connectivity index (χ3n) is 7.11. The monoisotopic (exact) mass is 504 g/mol. The third-order valence-corrected chi connectivity index (χ3v) is 7.11. The minimum atomic E-state index is -4.35. The predicted molar refractivity (Wildman–Crippen MR) is 142 cm³/mol. The van der Waals surface area contributed by atoms with Crippen molar-refractivity contribution in [1.82, 2.24) is 19.2 Å². The number of hydrogen-bond donors (Lipinski definition) is 0. The molecule has 0 saturated carbocycles. The summed E-state index contributed by atoms with van der Waals surface area (Å²) < 4.78 is 43.5. The van der Waals surface area contributed by atoms with Gasteiger partial charge in [-0.2, -0.15) is 22.8 Å². The van der Waals surface area contributed by atoms with Crippen molar-refractivity contribution in [2.75, 3.05) is 0 Å². The van der Waals surface area contributed by atoms with E-state index >= 15 is 0 Å². The fourth-order valence-electron chi connectivity index (χ4n) is 5.56. The zero-order valence-electron chi connectivity index (χ0n) is 22.1. The lowest BCUT2D eigenvalue weighted by Crippen LogP contribution is -2.09. The van der Waals surface area contributed by atoms with E-state index in [1.165, 1.54) is 16.7 Å². The molecule has 0 N–H and O–H groups in total. The summed E-state index contributed by atoms with van der Waals surface area (Å²) in [5.74, 6) is 0. The van der Waals surface area contributed by atoms with Gasteiger partial charge in [0, 0.05) is 17.6 Å². The lowest BCUT2D eigenvalue weighted by Gasteiger charge is -2.14. The summed E-state index contributed by atoms with van der Waals surface area (Å²) in [4.78, 5) is 5.03. The minimum Gasteiger partial charge on any atom is -0.325 e. The molecule has 0 radical (unpaired) electrons. The van der Waals surface area contributed by atoms with Crippen LogP contribution in [0.25, 0.3) is 27.8 Å². The van der Waals surface area contributed by atoms with Crippen LogP contribution in [0.2, 0.25) is 0 Å². The Balaban J connectivity index is 1.76. The molecule has 0 aliphatic carbocycles. The summed E-state index contributed by atoms with van der Waals surface area (Å²) in [6, 6.07) is 12.0. The molecule has 0 fully saturated rings. The Morgan fingerprint density at radius 2 is 1.49 bits per heavy atom. The van der Waals surface area contributed by atoms with Gasteiger partial charge in [-0.3, -0.25) is 0 Å². The normalized spacial score (nSPS) is 12.2. The molecular weight excluding hydrogens is 473 g/mol. The average Bonchev–Trinajstić information content (AvgIpc) is 3.32. The molecule has 2 aromatic carbocycles. The van der Waals surface area contributed by atoms with Gasteiger partial charge >= 0.3 is 6.18 Å². The van der Waals surface area contributed by atoms with Crippen molar-refractivity contribution in [2.45, 2.75) is 67.1 Å². The maximum atomic E-state index is 13.1. The third kappa shape index (κ3) is 4.30. The molecule has 0 unspecified atom stereocenters. The zero-order valence-corrected chi connectivity index (χ0v) is 22.1. The lowest BCUT2D eigenvalue weighted by atomic mass is 9.94. The molecule has 0 aliphatic rings. The second kappa shape index (κ2) is 9.05. The zero-order chi connectivity index (χ0) is 26.6. The molecule has 0 saturated heterocycles. The molecule has 0 atom stereocenters. The van der Waals surface area contributed by atoms with E-state index in [4.69, 9.17) is 10.1 Å². The van der Waals surface area contributed by atoms with Gasteiger partial charge < -0.3 is 4.57 Å². The molecule has 0 amide bonds. The molecule has 5 aromatic rings. The van der Waals surface area contributed by atoms with Crippen molar-refractivity contribution in [3.63, 3.8) is 0 Å². The van der Waals surface area contributed by atoms with E-state index in [2.05, 4.69) is 50.5 Å². The number of benzene rings is 2. The molecule has 3 aromatic heterocycles. The first-order valence-electron chi connectivity index (χ1n) is 12.6. The second-order valence-electron chi connectivity index (χ2n) is 10.1. The van der Waals surface area contributed by atoms with Crippen LogP contribution < -0.4 is 0 Å². The summed E-state index contributed by atoms with van der Waals surface area (Å²) >= 11 is 0. The van der Waals surface area contributed by atoms with Crippen LogP contribution in [0.3, 0.4) is 0 Å². The summed E-state index contributed by atoms with van der Waals surface area (Å²) in [5.41, 5.74) is 10.6. The van der Waals surface area contributed by atoms with E-state index in [1.807, 2.05) is 18.4 Å². The van der Waals surface area contributed by atoms with Gasteiger partial charge in [0.25, 0.3) is 0 Å². The molecular formula is C30H31F3N4. The Kier molecular flexibility index (Phi) is 6.13. The highest BCUT2D eigenvalue weighted by atomic mass is 19.4. The molecule has 3 heterocycles. The van der Waals surface area contributed by atoms with Crippen molar-refractivity contribution in [3.8, 4) is 11.1 Å². The van der Waals surface area contributed by atoms with Gasteiger partial charge in [0.15, 0.2) is 5.65 Å². The minimum absolute atomic E-state index is 0.451. The fourth-order valence-corrected chi connectivity index (χ4v) is 5.56. The van der Waals surface area contributed by atoms with Crippen molar-refractivity contribution in [2.24, 2.45) is 0 Å². The van der Waals surface area contributed by atoms with Gasteiger partial charge in [0.2, 0.25) is 0 Å².